The molecule has 1 heterocycles. The number of ether oxygens (including phenoxy) is 4. The minimum Gasteiger partial charge on any atom is -0.459 e. The zero-order valence-electron chi connectivity index (χ0n) is 18.0. The fourth-order valence-corrected chi connectivity index (χ4v) is 3.39. The van der Waals surface area contributed by atoms with E-state index in [-0.39, 0.29) is 16.7 Å². The molecular formula is C26H21FO7. The number of esters is 3. The Morgan fingerprint density at radius 3 is 1.76 bits per heavy atom. The molecule has 1 fully saturated rings. The fraction of sp³-hybridized carbons (Fsp3) is 0.192. The molecule has 3 aromatic carbocycles. The van der Waals surface area contributed by atoms with E-state index in [1.54, 1.807) is 66.7 Å². The Morgan fingerprint density at radius 2 is 1.24 bits per heavy atom. The molecule has 1 saturated heterocycles. The van der Waals surface area contributed by atoms with Gasteiger partial charge in [-0.3, -0.25) is 0 Å². The van der Waals surface area contributed by atoms with E-state index in [0.717, 1.165) is 0 Å². The number of hydrogen-bond acceptors (Lipinski definition) is 7. The summed E-state index contributed by atoms with van der Waals surface area (Å²) in [6.45, 7) is -0.564. The highest BCUT2D eigenvalue weighted by Gasteiger charge is 2.55. The van der Waals surface area contributed by atoms with E-state index in [1.807, 2.05) is 0 Å². The van der Waals surface area contributed by atoms with Crippen LogP contribution in [0.3, 0.4) is 0 Å². The van der Waals surface area contributed by atoms with E-state index >= 15 is 4.39 Å². The number of carbonyl (C=O) groups excluding carboxylic acids is 3. The highest BCUT2D eigenvalue weighted by atomic mass is 19.2. The van der Waals surface area contributed by atoms with Gasteiger partial charge in [0.05, 0.1) is 23.1 Å². The quantitative estimate of drug-likeness (QED) is 0.380. The minimum absolute atomic E-state index is 0.129. The zero-order chi connectivity index (χ0) is 24.0. The van der Waals surface area contributed by atoms with Gasteiger partial charge in [0, 0.05) is 0 Å². The van der Waals surface area contributed by atoms with Crippen molar-refractivity contribution in [3.63, 3.8) is 0 Å². The second kappa shape index (κ2) is 10.3. The number of halogens is 1. The Labute approximate surface area is 195 Å². The van der Waals surface area contributed by atoms with Crippen LogP contribution in [0.4, 0.5) is 4.39 Å². The van der Waals surface area contributed by atoms with Gasteiger partial charge in [-0.05, 0) is 36.4 Å². The van der Waals surface area contributed by atoms with Gasteiger partial charge in [-0.25, -0.2) is 14.4 Å². The molecule has 0 amide bonds. The maximum Gasteiger partial charge on any atom is 0.340 e. The average molecular weight is 464 g/mol. The molecule has 34 heavy (non-hydrogen) atoms. The van der Waals surface area contributed by atoms with Crippen molar-refractivity contribution in [1.82, 2.24) is 0 Å². The Bertz CT molecular complexity index is 1140. The van der Waals surface area contributed by atoms with E-state index in [9.17, 15) is 14.4 Å². The molecule has 0 aliphatic carbocycles. The molecule has 1 aliphatic rings. The molecule has 3 atom stereocenters. The van der Waals surface area contributed by atoms with E-state index in [1.165, 1.54) is 24.3 Å². The molecule has 0 saturated carbocycles. The molecular weight excluding hydrogens is 443 g/mol. The number of hydrogen-bond donors (Lipinski definition) is 0. The van der Waals surface area contributed by atoms with Crippen LogP contribution in [-0.4, -0.2) is 42.8 Å². The molecule has 0 N–H and O–H groups in total. The molecule has 0 spiro atoms. The largest absolute Gasteiger partial charge is 0.459 e. The third-order valence-electron chi connectivity index (χ3n) is 5.14. The number of carbonyl (C=O) groups is 3. The van der Waals surface area contributed by atoms with Crippen molar-refractivity contribution < 1.29 is 37.7 Å². The van der Waals surface area contributed by atoms with E-state index < -0.39 is 49.2 Å². The van der Waals surface area contributed by atoms with Crippen LogP contribution in [-0.2, 0) is 18.9 Å². The third-order valence-corrected chi connectivity index (χ3v) is 5.14. The molecule has 7 nitrogen and oxygen atoms in total. The fourth-order valence-electron chi connectivity index (χ4n) is 3.39. The monoisotopic (exact) mass is 464 g/mol. The molecule has 8 heteroatoms. The van der Waals surface area contributed by atoms with Gasteiger partial charge in [0.25, 0.3) is 5.85 Å². The van der Waals surface area contributed by atoms with Crippen LogP contribution < -0.4 is 0 Å². The normalized spacial score (nSPS) is 21.4. The van der Waals surface area contributed by atoms with Crippen molar-refractivity contribution in [2.24, 2.45) is 0 Å². The minimum atomic E-state index is -2.70. The summed E-state index contributed by atoms with van der Waals surface area (Å²) < 4.78 is 37.0. The molecule has 1 aliphatic heterocycles. The maximum atomic E-state index is 15.9. The first-order chi connectivity index (χ1) is 16.4. The van der Waals surface area contributed by atoms with Crippen molar-refractivity contribution in [2.75, 3.05) is 6.61 Å². The molecule has 0 radical (unpaired) electrons. The van der Waals surface area contributed by atoms with Crippen LogP contribution in [0.1, 0.15) is 37.5 Å². The van der Waals surface area contributed by atoms with Crippen LogP contribution in [0.15, 0.2) is 91.0 Å². The summed E-state index contributed by atoms with van der Waals surface area (Å²) in [6, 6.07) is 24.1. The predicted molar refractivity (Wildman–Crippen MR) is 118 cm³/mol. The second-order valence-electron chi connectivity index (χ2n) is 7.54. The summed E-state index contributed by atoms with van der Waals surface area (Å²) in [5, 5.41) is 0. The van der Waals surface area contributed by atoms with Crippen molar-refractivity contribution in [3.8, 4) is 0 Å². The van der Waals surface area contributed by atoms with E-state index in [4.69, 9.17) is 18.9 Å². The lowest BCUT2D eigenvalue weighted by molar-refractivity contribution is -0.164. The topological polar surface area (TPSA) is 88.1 Å². The summed E-state index contributed by atoms with van der Waals surface area (Å²) in [5.41, 5.74) is 0.637. The zero-order valence-corrected chi connectivity index (χ0v) is 18.0. The first-order valence-electron chi connectivity index (χ1n) is 10.6. The van der Waals surface area contributed by atoms with Crippen molar-refractivity contribution in [2.45, 2.75) is 24.7 Å². The summed E-state index contributed by atoms with van der Waals surface area (Å²) in [6.07, 6.45) is -3.46. The first kappa shape index (κ1) is 23.1. The Hall–Kier alpha value is -4.04. The molecule has 0 unspecified atom stereocenters. The first-order valence-corrected chi connectivity index (χ1v) is 10.6. The average Bonchev–Trinajstić information content (AvgIpc) is 3.18. The Kier molecular flexibility index (Phi) is 6.98. The van der Waals surface area contributed by atoms with Crippen LogP contribution in [0.5, 0.6) is 0 Å². The van der Waals surface area contributed by atoms with E-state index in [0.29, 0.717) is 0 Å². The summed E-state index contributed by atoms with van der Waals surface area (Å²) in [5.74, 6) is -5.07. The van der Waals surface area contributed by atoms with Crippen LogP contribution in [0.25, 0.3) is 0 Å². The van der Waals surface area contributed by atoms with Gasteiger partial charge >= 0.3 is 17.9 Å². The highest BCUT2D eigenvalue weighted by molar-refractivity contribution is 5.90. The Morgan fingerprint density at radius 1 is 0.765 bits per heavy atom. The standard InChI is InChI=1S/C26H21FO7/c27-26(34-25(30)20-14-8-3-9-15-20)16-22(33-24(29)19-12-6-2-7-13-19)32-21(26)17-31-23(28)18-10-4-1-5-11-18/h1-15,21-22H,16-17H2/t21-,22-,26+/m1/s1. The number of alkyl halides is 1. The van der Waals surface area contributed by atoms with E-state index in [2.05, 4.69) is 0 Å². The van der Waals surface area contributed by atoms with Gasteiger partial charge in [0.15, 0.2) is 6.10 Å². The van der Waals surface area contributed by atoms with Crippen LogP contribution in [0, 0.1) is 0 Å². The second-order valence-corrected chi connectivity index (χ2v) is 7.54. The highest BCUT2D eigenvalue weighted by Crippen LogP contribution is 2.37. The van der Waals surface area contributed by atoms with Gasteiger partial charge in [0.1, 0.15) is 6.61 Å². The lowest BCUT2D eigenvalue weighted by atomic mass is 10.1. The van der Waals surface area contributed by atoms with Crippen molar-refractivity contribution >= 4 is 17.9 Å². The SMILES string of the molecule is O=C(OC[C@H]1O[C@H](OC(=O)c2ccccc2)C[C@]1(F)OC(=O)c1ccccc1)c1ccccc1. The van der Waals surface area contributed by atoms with Gasteiger partial charge in [-0.2, -0.15) is 4.39 Å². The maximum absolute atomic E-state index is 15.9. The molecule has 0 aromatic heterocycles. The van der Waals surface area contributed by atoms with Gasteiger partial charge in [-0.1, -0.05) is 54.6 Å². The van der Waals surface area contributed by atoms with Gasteiger partial charge in [-0.15, -0.1) is 0 Å². The third kappa shape index (κ3) is 5.47. The molecule has 0 bridgehead atoms. The molecule has 174 valence electrons. The number of rotatable bonds is 7. The van der Waals surface area contributed by atoms with Crippen molar-refractivity contribution in [3.05, 3.63) is 108 Å². The molecule has 3 aromatic rings. The van der Waals surface area contributed by atoms with Crippen LogP contribution in [0.2, 0.25) is 0 Å². The predicted octanol–water partition coefficient (Wildman–Crippen LogP) is 4.34. The summed E-state index contributed by atoms with van der Waals surface area (Å²) >= 11 is 0. The molecule has 4 rings (SSSR count). The smallest absolute Gasteiger partial charge is 0.340 e. The lowest BCUT2D eigenvalue weighted by Gasteiger charge is -2.25. The summed E-state index contributed by atoms with van der Waals surface area (Å²) in [7, 11) is 0. The van der Waals surface area contributed by atoms with Gasteiger partial charge in [0.2, 0.25) is 6.29 Å². The summed E-state index contributed by atoms with van der Waals surface area (Å²) in [4.78, 5) is 37.2. The van der Waals surface area contributed by atoms with Crippen LogP contribution >= 0.6 is 0 Å². The lowest BCUT2D eigenvalue weighted by Crippen LogP contribution is -2.41. The van der Waals surface area contributed by atoms with Crippen molar-refractivity contribution in [1.29, 1.82) is 0 Å². The Balaban J connectivity index is 1.48. The number of benzene rings is 3. The van der Waals surface area contributed by atoms with Gasteiger partial charge < -0.3 is 18.9 Å².